The number of aliphatic hydroxyl groups is 1. The highest BCUT2D eigenvalue weighted by atomic mass is 16.7. The summed E-state index contributed by atoms with van der Waals surface area (Å²) >= 11 is 0. The van der Waals surface area contributed by atoms with Crippen molar-refractivity contribution in [3.63, 3.8) is 0 Å². The summed E-state index contributed by atoms with van der Waals surface area (Å²) in [4.78, 5) is 12.3. The highest BCUT2D eigenvalue weighted by molar-refractivity contribution is 5.68. The molecule has 1 amide bonds. The molecular formula is C26H39NO6. The second-order valence-electron chi connectivity index (χ2n) is 11.7. The second-order valence-corrected chi connectivity index (χ2v) is 11.7. The van der Waals surface area contributed by atoms with Crippen LogP contribution in [0.5, 0.6) is 11.5 Å². The minimum atomic E-state index is -0.602. The summed E-state index contributed by atoms with van der Waals surface area (Å²) in [5.74, 6) is 0.612. The maximum absolute atomic E-state index is 12.3. The van der Waals surface area contributed by atoms with Crippen LogP contribution in [0.25, 0.3) is 0 Å². The number of aliphatic hydroxyl groups excluding tert-OH is 1. The lowest BCUT2D eigenvalue weighted by Gasteiger charge is -2.44. The van der Waals surface area contributed by atoms with Crippen molar-refractivity contribution in [2.45, 2.75) is 103 Å². The molecule has 1 saturated carbocycles. The van der Waals surface area contributed by atoms with Crippen molar-refractivity contribution in [2.24, 2.45) is 5.41 Å². The first-order chi connectivity index (χ1) is 15.4. The third-order valence-corrected chi connectivity index (χ3v) is 6.67. The van der Waals surface area contributed by atoms with Crippen LogP contribution in [0.3, 0.4) is 0 Å². The van der Waals surface area contributed by atoms with Crippen molar-refractivity contribution >= 4 is 6.09 Å². The maximum Gasteiger partial charge on any atom is 0.407 e. The van der Waals surface area contributed by atoms with Crippen LogP contribution in [0.2, 0.25) is 0 Å². The van der Waals surface area contributed by atoms with Crippen molar-refractivity contribution in [3.05, 3.63) is 23.3 Å². The molecule has 1 fully saturated rings. The molecule has 33 heavy (non-hydrogen) atoms. The van der Waals surface area contributed by atoms with Crippen LogP contribution in [0.1, 0.15) is 96.8 Å². The van der Waals surface area contributed by atoms with E-state index in [-0.39, 0.29) is 30.6 Å². The van der Waals surface area contributed by atoms with Gasteiger partial charge in [0.25, 0.3) is 5.79 Å². The minimum Gasteiger partial charge on any atom is -0.448 e. The van der Waals surface area contributed by atoms with Gasteiger partial charge < -0.3 is 29.4 Å². The lowest BCUT2D eigenvalue weighted by atomic mass is 9.74. The van der Waals surface area contributed by atoms with Crippen LogP contribution < -0.4 is 14.8 Å². The molecule has 0 saturated heterocycles. The molecule has 3 aliphatic rings. The Morgan fingerprint density at radius 2 is 1.82 bits per heavy atom. The van der Waals surface area contributed by atoms with Crippen LogP contribution in [0.15, 0.2) is 12.1 Å². The first-order valence-corrected chi connectivity index (χ1v) is 12.2. The molecule has 3 unspecified atom stereocenters. The molecular weight excluding hydrogens is 422 g/mol. The predicted molar refractivity (Wildman–Crippen MR) is 125 cm³/mol. The molecule has 1 aromatic carbocycles. The van der Waals surface area contributed by atoms with Gasteiger partial charge in [0.1, 0.15) is 11.7 Å². The summed E-state index contributed by atoms with van der Waals surface area (Å²) in [6.45, 7) is 12.0. The number of carbonyl (C=O) groups excluding carboxylic acids is 1. The molecule has 0 radical (unpaired) electrons. The molecule has 184 valence electrons. The Kier molecular flexibility index (Phi) is 6.33. The fourth-order valence-electron chi connectivity index (χ4n) is 5.28. The molecule has 0 aromatic heterocycles. The normalized spacial score (nSPS) is 26.1. The molecule has 1 spiro atoms. The summed E-state index contributed by atoms with van der Waals surface area (Å²) < 4.78 is 24.9. The third kappa shape index (κ3) is 4.94. The highest BCUT2D eigenvalue weighted by Gasteiger charge is 2.49. The van der Waals surface area contributed by atoms with E-state index in [0.717, 1.165) is 48.3 Å². The Bertz CT molecular complexity index is 878. The van der Waals surface area contributed by atoms with Crippen molar-refractivity contribution in [3.8, 4) is 11.5 Å². The van der Waals surface area contributed by atoms with E-state index in [1.165, 1.54) is 6.42 Å². The number of hydrogen-bond donors (Lipinski definition) is 2. The van der Waals surface area contributed by atoms with Gasteiger partial charge in [-0.25, -0.2) is 4.79 Å². The van der Waals surface area contributed by atoms with Crippen LogP contribution in [0.4, 0.5) is 4.79 Å². The van der Waals surface area contributed by atoms with Crippen LogP contribution >= 0.6 is 0 Å². The summed E-state index contributed by atoms with van der Waals surface area (Å²) in [5, 5.41) is 13.3. The Balaban J connectivity index is 1.68. The number of nitrogens with one attached hydrogen (secondary N) is 1. The largest absolute Gasteiger partial charge is 0.448 e. The van der Waals surface area contributed by atoms with E-state index >= 15 is 0 Å². The van der Waals surface area contributed by atoms with Crippen molar-refractivity contribution in [1.29, 1.82) is 0 Å². The summed E-state index contributed by atoms with van der Waals surface area (Å²) in [6.07, 6.45) is 3.94. The van der Waals surface area contributed by atoms with Gasteiger partial charge in [0, 0.05) is 24.3 Å². The molecule has 3 atom stereocenters. The van der Waals surface area contributed by atoms with Gasteiger partial charge in [-0.15, -0.1) is 0 Å². The average Bonchev–Trinajstić information content (AvgIpc) is 3.07. The molecule has 7 heteroatoms. The number of alkyl carbamates (subject to hydrolysis) is 1. The minimum absolute atomic E-state index is 0.0615. The Morgan fingerprint density at radius 1 is 1.12 bits per heavy atom. The van der Waals surface area contributed by atoms with Crippen LogP contribution in [0, 0.1) is 5.41 Å². The SMILES string of the molecule is CC(C)(C)OC(=O)NCC1OC(C(C)(C)C)C(CO)c2c1ccc1c2OC2(CCCCC2)O1. The van der Waals surface area contributed by atoms with E-state index in [1.54, 1.807) is 0 Å². The molecule has 0 bridgehead atoms. The van der Waals surface area contributed by atoms with Crippen molar-refractivity contribution in [1.82, 2.24) is 5.32 Å². The molecule has 7 nitrogen and oxygen atoms in total. The van der Waals surface area contributed by atoms with Gasteiger partial charge in [-0.05, 0) is 50.7 Å². The fraction of sp³-hybridized carbons (Fsp3) is 0.731. The monoisotopic (exact) mass is 461 g/mol. The van der Waals surface area contributed by atoms with Gasteiger partial charge >= 0.3 is 6.09 Å². The highest BCUT2D eigenvalue weighted by Crippen LogP contribution is 2.55. The molecule has 4 rings (SSSR count). The number of rotatable bonds is 3. The van der Waals surface area contributed by atoms with Gasteiger partial charge in [0.05, 0.1) is 19.3 Å². The number of amides is 1. The number of hydrogen-bond acceptors (Lipinski definition) is 6. The second kappa shape index (κ2) is 8.66. The zero-order chi connectivity index (χ0) is 24.0. The van der Waals surface area contributed by atoms with Gasteiger partial charge in [0.2, 0.25) is 0 Å². The smallest absolute Gasteiger partial charge is 0.407 e. The predicted octanol–water partition coefficient (Wildman–Crippen LogP) is 5.20. The Labute approximate surface area is 197 Å². The van der Waals surface area contributed by atoms with Crippen molar-refractivity contribution < 1.29 is 28.8 Å². The molecule has 1 aromatic rings. The van der Waals surface area contributed by atoms with Crippen molar-refractivity contribution in [2.75, 3.05) is 13.2 Å². The van der Waals surface area contributed by atoms with E-state index in [9.17, 15) is 9.90 Å². The standard InChI is InChI=1S/C26H39NO6/c1-24(2,3)22-17(15-28)20-16(19(30-22)14-27-23(29)33-25(4,5)6)10-11-18-21(20)32-26(31-18)12-8-7-9-13-26/h10-11,17,19,22,28H,7-9,12-15H2,1-6H3,(H,27,29). The van der Waals surface area contributed by atoms with Gasteiger partial charge in [-0.3, -0.25) is 0 Å². The zero-order valence-electron chi connectivity index (χ0n) is 20.8. The first-order valence-electron chi connectivity index (χ1n) is 12.2. The quantitative estimate of drug-likeness (QED) is 0.643. The zero-order valence-corrected chi connectivity index (χ0v) is 20.8. The maximum atomic E-state index is 12.3. The summed E-state index contributed by atoms with van der Waals surface area (Å²) in [6, 6.07) is 3.93. The lowest BCUT2D eigenvalue weighted by Crippen LogP contribution is -2.45. The van der Waals surface area contributed by atoms with Gasteiger partial charge in [-0.1, -0.05) is 33.3 Å². The van der Waals surface area contributed by atoms with E-state index in [0.29, 0.717) is 0 Å². The molecule has 1 aliphatic carbocycles. The lowest BCUT2D eigenvalue weighted by molar-refractivity contribution is -0.111. The van der Waals surface area contributed by atoms with Crippen LogP contribution in [-0.2, 0) is 9.47 Å². The topological polar surface area (TPSA) is 86.3 Å². The molecule has 2 heterocycles. The first kappa shape index (κ1) is 24.1. The Morgan fingerprint density at radius 3 is 2.42 bits per heavy atom. The number of fused-ring (bicyclic) bond motifs is 3. The van der Waals surface area contributed by atoms with Gasteiger partial charge in [0.15, 0.2) is 11.5 Å². The fourth-order valence-corrected chi connectivity index (χ4v) is 5.28. The van der Waals surface area contributed by atoms with E-state index in [2.05, 4.69) is 26.1 Å². The summed E-state index contributed by atoms with van der Waals surface area (Å²) in [7, 11) is 0. The average molecular weight is 462 g/mol. The Hall–Kier alpha value is -1.99. The van der Waals surface area contributed by atoms with E-state index in [4.69, 9.17) is 18.9 Å². The van der Waals surface area contributed by atoms with Gasteiger partial charge in [-0.2, -0.15) is 0 Å². The summed E-state index contributed by atoms with van der Waals surface area (Å²) in [5.41, 5.74) is 1.05. The third-order valence-electron chi connectivity index (χ3n) is 6.67. The number of carbonyl (C=O) groups is 1. The molecule has 2 aliphatic heterocycles. The van der Waals surface area contributed by atoms with E-state index in [1.807, 2.05) is 32.9 Å². The number of benzene rings is 1. The van der Waals surface area contributed by atoms with Crippen LogP contribution in [-0.4, -0.2) is 41.8 Å². The number of ether oxygens (including phenoxy) is 4. The molecule has 2 N–H and O–H groups in total. The van der Waals surface area contributed by atoms with E-state index < -0.39 is 23.6 Å².